The SMILES string of the molecule is Cc1nc(Oc2ccc(F)cc2)ncc1C(=O)O. The first-order chi connectivity index (χ1) is 8.56. The highest BCUT2D eigenvalue weighted by atomic mass is 19.1. The molecular formula is C12H9FN2O3. The van der Waals surface area contributed by atoms with Gasteiger partial charge in [-0.1, -0.05) is 0 Å². The Morgan fingerprint density at radius 1 is 1.33 bits per heavy atom. The maximum atomic E-state index is 12.7. The molecule has 2 aromatic rings. The second kappa shape index (κ2) is 4.79. The summed E-state index contributed by atoms with van der Waals surface area (Å²) in [5, 5.41) is 8.81. The minimum Gasteiger partial charge on any atom is -0.478 e. The van der Waals surface area contributed by atoms with E-state index in [1.165, 1.54) is 30.5 Å². The van der Waals surface area contributed by atoms with Crippen molar-refractivity contribution in [3.05, 3.63) is 47.5 Å². The molecule has 0 atom stereocenters. The lowest BCUT2D eigenvalue weighted by Gasteiger charge is -2.05. The van der Waals surface area contributed by atoms with Gasteiger partial charge in [0.25, 0.3) is 0 Å². The first-order valence-corrected chi connectivity index (χ1v) is 5.06. The standard InChI is InChI=1S/C12H9FN2O3/c1-7-10(11(16)17)6-14-12(15-7)18-9-4-2-8(13)3-5-9/h2-6H,1H3,(H,16,17). The van der Waals surface area contributed by atoms with E-state index < -0.39 is 5.97 Å². The molecule has 0 unspecified atom stereocenters. The van der Waals surface area contributed by atoms with Crippen LogP contribution in [0.15, 0.2) is 30.5 Å². The summed E-state index contributed by atoms with van der Waals surface area (Å²) in [5.41, 5.74) is 0.316. The lowest BCUT2D eigenvalue weighted by molar-refractivity contribution is 0.0695. The average Bonchev–Trinajstić information content (AvgIpc) is 2.32. The Hall–Kier alpha value is -2.50. The van der Waals surface area contributed by atoms with Gasteiger partial charge < -0.3 is 9.84 Å². The first kappa shape index (κ1) is 12.0. The van der Waals surface area contributed by atoms with E-state index in [-0.39, 0.29) is 17.4 Å². The van der Waals surface area contributed by atoms with Crippen LogP contribution in [-0.4, -0.2) is 21.0 Å². The van der Waals surface area contributed by atoms with Gasteiger partial charge in [-0.05, 0) is 31.2 Å². The number of halogens is 1. The number of hydrogen-bond donors (Lipinski definition) is 1. The van der Waals surface area contributed by atoms with Gasteiger partial charge in [0.2, 0.25) is 0 Å². The van der Waals surface area contributed by atoms with E-state index >= 15 is 0 Å². The van der Waals surface area contributed by atoms with Crippen LogP contribution in [0.5, 0.6) is 11.8 Å². The lowest BCUT2D eigenvalue weighted by atomic mass is 10.2. The highest BCUT2D eigenvalue weighted by Gasteiger charge is 2.10. The number of rotatable bonds is 3. The molecule has 0 radical (unpaired) electrons. The van der Waals surface area contributed by atoms with Crippen LogP contribution in [0.4, 0.5) is 4.39 Å². The van der Waals surface area contributed by atoms with Crippen molar-refractivity contribution in [3.63, 3.8) is 0 Å². The van der Waals surface area contributed by atoms with E-state index in [4.69, 9.17) is 9.84 Å². The molecule has 2 rings (SSSR count). The minimum atomic E-state index is -1.10. The molecule has 0 aliphatic carbocycles. The van der Waals surface area contributed by atoms with Gasteiger partial charge in [-0.3, -0.25) is 0 Å². The highest BCUT2D eigenvalue weighted by Crippen LogP contribution is 2.18. The van der Waals surface area contributed by atoms with Crippen molar-refractivity contribution in [1.82, 2.24) is 9.97 Å². The third kappa shape index (κ3) is 2.60. The molecule has 0 amide bonds. The number of carboxylic acid groups (broad SMARTS) is 1. The molecule has 0 saturated heterocycles. The van der Waals surface area contributed by atoms with Gasteiger partial charge >= 0.3 is 12.0 Å². The maximum absolute atomic E-state index is 12.7. The summed E-state index contributed by atoms with van der Waals surface area (Å²) < 4.78 is 17.9. The van der Waals surface area contributed by atoms with Crippen LogP contribution in [0.25, 0.3) is 0 Å². The molecule has 1 heterocycles. The summed E-state index contributed by atoms with van der Waals surface area (Å²) in [7, 11) is 0. The van der Waals surface area contributed by atoms with Crippen molar-refractivity contribution in [2.24, 2.45) is 0 Å². The second-order valence-corrected chi connectivity index (χ2v) is 3.51. The quantitative estimate of drug-likeness (QED) is 0.902. The summed E-state index contributed by atoms with van der Waals surface area (Å²) in [6.07, 6.45) is 1.17. The van der Waals surface area contributed by atoms with Crippen LogP contribution < -0.4 is 4.74 Å². The Balaban J connectivity index is 2.22. The molecule has 1 aromatic carbocycles. The lowest BCUT2D eigenvalue weighted by Crippen LogP contribution is -2.04. The van der Waals surface area contributed by atoms with Gasteiger partial charge in [-0.25, -0.2) is 14.2 Å². The molecule has 0 aliphatic heterocycles. The zero-order valence-corrected chi connectivity index (χ0v) is 9.42. The summed E-state index contributed by atoms with van der Waals surface area (Å²) in [4.78, 5) is 18.4. The highest BCUT2D eigenvalue weighted by molar-refractivity contribution is 5.88. The molecule has 0 saturated carbocycles. The van der Waals surface area contributed by atoms with Crippen LogP contribution >= 0.6 is 0 Å². The number of ether oxygens (including phenoxy) is 1. The van der Waals surface area contributed by atoms with Crippen LogP contribution in [0, 0.1) is 12.7 Å². The molecule has 0 aliphatic rings. The Kier molecular flexibility index (Phi) is 3.18. The number of aromatic carboxylic acids is 1. The Morgan fingerprint density at radius 3 is 2.56 bits per heavy atom. The van der Waals surface area contributed by atoms with Gasteiger partial charge in [0, 0.05) is 6.20 Å². The predicted octanol–water partition coefficient (Wildman–Crippen LogP) is 2.41. The van der Waals surface area contributed by atoms with Crippen LogP contribution in [-0.2, 0) is 0 Å². The fraction of sp³-hybridized carbons (Fsp3) is 0.0833. The third-order valence-corrected chi connectivity index (χ3v) is 2.21. The summed E-state index contributed by atoms with van der Waals surface area (Å²) in [5.74, 6) is -1.10. The molecule has 1 N–H and O–H groups in total. The number of carboxylic acids is 1. The number of benzene rings is 1. The van der Waals surface area contributed by atoms with E-state index in [9.17, 15) is 9.18 Å². The van der Waals surface area contributed by atoms with E-state index in [1.807, 2.05) is 0 Å². The number of aryl methyl sites for hydroxylation is 1. The molecule has 0 bridgehead atoms. The molecule has 6 heteroatoms. The Labute approximate surface area is 102 Å². The Morgan fingerprint density at radius 2 is 2.00 bits per heavy atom. The summed E-state index contributed by atoms with van der Waals surface area (Å²) in [6, 6.07) is 5.36. The van der Waals surface area contributed by atoms with Gasteiger partial charge in [-0.15, -0.1) is 0 Å². The zero-order valence-electron chi connectivity index (χ0n) is 9.42. The van der Waals surface area contributed by atoms with Crippen molar-refractivity contribution in [3.8, 4) is 11.8 Å². The average molecular weight is 248 g/mol. The summed E-state index contributed by atoms with van der Waals surface area (Å²) in [6.45, 7) is 1.54. The van der Waals surface area contributed by atoms with Crippen LogP contribution in [0.1, 0.15) is 16.1 Å². The fourth-order valence-electron chi connectivity index (χ4n) is 1.31. The second-order valence-electron chi connectivity index (χ2n) is 3.51. The van der Waals surface area contributed by atoms with Crippen molar-refractivity contribution >= 4 is 5.97 Å². The molecule has 92 valence electrons. The molecular weight excluding hydrogens is 239 g/mol. The number of aromatic nitrogens is 2. The molecule has 5 nitrogen and oxygen atoms in total. The first-order valence-electron chi connectivity index (χ1n) is 5.06. The summed E-state index contributed by atoms with van der Waals surface area (Å²) >= 11 is 0. The van der Waals surface area contributed by atoms with Crippen LogP contribution in [0.3, 0.4) is 0 Å². The third-order valence-electron chi connectivity index (χ3n) is 2.21. The Bertz CT molecular complexity index is 584. The normalized spacial score (nSPS) is 10.1. The van der Waals surface area contributed by atoms with E-state index in [0.29, 0.717) is 11.4 Å². The minimum absolute atomic E-state index is 0.0152. The molecule has 1 aromatic heterocycles. The van der Waals surface area contributed by atoms with Gasteiger partial charge in [0.05, 0.1) is 11.3 Å². The number of nitrogens with zero attached hydrogens (tertiary/aromatic N) is 2. The van der Waals surface area contributed by atoms with Gasteiger partial charge in [0.15, 0.2) is 0 Å². The van der Waals surface area contributed by atoms with Crippen molar-refractivity contribution in [2.75, 3.05) is 0 Å². The van der Waals surface area contributed by atoms with Crippen molar-refractivity contribution in [1.29, 1.82) is 0 Å². The predicted molar refractivity (Wildman–Crippen MR) is 60.2 cm³/mol. The van der Waals surface area contributed by atoms with Crippen molar-refractivity contribution < 1.29 is 19.0 Å². The smallest absolute Gasteiger partial charge is 0.339 e. The monoisotopic (exact) mass is 248 g/mol. The molecule has 0 fully saturated rings. The zero-order chi connectivity index (χ0) is 13.1. The molecule has 18 heavy (non-hydrogen) atoms. The largest absolute Gasteiger partial charge is 0.478 e. The number of carbonyl (C=O) groups is 1. The van der Waals surface area contributed by atoms with Crippen molar-refractivity contribution in [2.45, 2.75) is 6.92 Å². The van der Waals surface area contributed by atoms with E-state index in [2.05, 4.69) is 9.97 Å². The topological polar surface area (TPSA) is 72.3 Å². The van der Waals surface area contributed by atoms with Crippen LogP contribution in [0.2, 0.25) is 0 Å². The fourth-order valence-corrected chi connectivity index (χ4v) is 1.31. The van der Waals surface area contributed by atoms with E-state index in [0.717, 1.165) is 0 Å². The van der Waals surface area contributed by atoms with Gasteiger partial charge in [-0.2, -0.15) is 4.98 Å². The maximum Gasteiger partial charge on any atom is 0.339 e. The van der Waals surface area contributed by atoms with Gasteiger partial charge in [0.1, 0.15) is 11.6 Å². The number of hydrogen-bond acceptors (Lipinski definition) is 4. The molecule has 0 spiro atoms. The van der Waals surface area contributed by atoms with E-state index in [1.54, 1.807) is 6.92 Å².